The Morgan fingerprint density at radius 3 is 2.32 bits per heavy atom. The third-order valence-electron chi connectivity index (χ3n) is 3.81. The summed E-state index contributed by atoms with van der Waals surface area (Å²) in [7, 11) is 0. The SMILES string of the molecule is O=C(O)c1ccccc1Oc1ccc(CC(CCCS)C(=O)O)cc1. The number of ether oxygens (including phenoxy) is 1. The van der Waals surface area contributed by atoms with Gasteiger partial charge in [-0.2, -0.15) is 12.6 Å². The van der Waals surface area contributed by atoms with E-state index in [4.69, 9.17) is 9.84 Å². The number of rotatable bonds is 9. The minimum Gasteiger partial charge on any atom is -0.481 e. The van der Waals surface area contributed by atoms with Crippen LogP contribution in [0.25, 0.3) is 0 Å². The van der Waals surface area contributed by atoms with Gasteiger partial charge in [-0.15, -0.1) is 0 Å². The highest BCUT2D eigenvalue weighted by Crippen LogP contribution is 2.26. The van der Waals surface area contributed by atoms with E-state index in [0.717, 1.165) is 12.0 Å². The van der Waals surface area contributed by atoms with Gasteiger partial charge in [-0.05, 0) is 54.8 Å². The van der Waals surface area contributed by atoms with Crippen molar-refractivity contribution in [3.8, 4) is 11.5 Å². The lowest BCUT2D eigenvalue weighted by Gasteiger charge is -2.13. The molecular weight excluding hydrogens is 340 g/mol. The molecule has 0 spiro atoms. The molecule has 2 rings (SSSR count). The van der Waals surface area contributed by atoms with Crippen LogP contribution in [0.3, 0.4) is 0 Å². The Morgan fingerprint density at radius 2 is 1.72 bits per heavy atom. The van der Waals surface area contributed by atoms with Crippen LogP contribution >= 0.6 is 12.6 Å². The van der Waals surface area contributed by atoms with Crippen molar-refractivity contribution >= 4 is 24.6 Å². The number of carboxylic acids is 2. The van der Waals surface area contributed by atoms with Crippen LogP contribution in [-0.2, 0) is 11.2 Å². The number of aromatic carboxylic acids is 1. The summed E-state index contributed by atoms with van der Waals surface area (Å²) in [5.41, 5.74) is 0.981. The lowest BCUT2D eigenvalue weighted by molar-refractivity contribution is -0.141. The maximum absolute atomic E-state index is 11.3. The largest absolute Gasteiger partial charge is 0.481 e. The zero-order valence-corrected chi connectivity index (χ0v) is 14.5. The van der Waals surface area contributed by atoms with E-state index in [-0.39, 0.29) is 11.3 Å². The number of carboxylic acid groups (broad SMARTS) is 2. The Kier molecular flexibility index (Phi) is 6.89. The summed E-state index contributed by atoms with van der Waals surface area (Å²) in [6.07, 6.45) is 1.78. The van der Waals surface area contributed by atoms with Gasteiger partial charge in [-0.25, -0.2) is 4.79 Å². The van der Waals surface area contributed by atoms with Crippen molar-refractivity contribution in [1.29, 1.82) is 0 Å². The molecule has 0 aliphatic carbocycles. The van der Waals surface area contributed by atoms with Gasteiger partial charge in [0.15, 0.2) is 0 Å². The molecule has 0 aromatic heterocycles. The summed E-state index contributed by atoms with van der Waals surface area (Å²) in [6.45, 7) is 0. The fourth-order valence-corrected chi connectivity index (χ4v) is 2.67. The van der Waals surface area contributed by atoms with E-state index in [1.807, 2.05) is 0 Å². The minimum atomic E-state index is -1.05. The van der Waals surface area contributed by atoms with Crippen molar-refractivity contribution in [2.75, 3.05) is 5.75 Å². The summed E-state index contributed by atoms with van der Waals surface area (Å²) in [5, 5.41) is 18.5. The van der Waals surface area contributed by atoms with Crippen molar-refractivity contribution in [3.05, 3.63) is 59.7 Å². The van der Waals surface area contributed by atoms with Crippen LogP contribution < -0.4 is 4.74 Å². The maximum Gasteiger partial charge on any atom is 0.339 e. The van der Waals surface area contributed by atoms with Crippen LogP contribution in [0.5, 0.6) is 11.5 Å². The molecule has 0 heterocycles. The number of carbonyl (C=O) groups is 2. The van der Waals surface area contributed by atoms with Gasteiger partial charge < -0.3 is 14.9 Å². The molecule has 2 aromatic carbocycles. The summed E-state index contributed by atoms with van der Waals surface area (Å²) < 4.78 is 5.64. The molecule has 0 radical (unpaired) electrons. The van der Waals surface area contributed by atoms with Crippen molar-refractivity contribution < 1.29 is 24.5 Å². The van der Waals surface area contributed by atoms with Crippen LogP contribution in [0.15, 0.2) is 48.5 Å². The first-order valence-corrected chi connectivity index (χ1v) is 8.57. The summed E-state index contributed by atoms with van der Waals surface area (Å²) in [4.78, 5) is 22.5. The lowest BCUT2D eigenvalue weighted by atomic mass is 9.95. The van der Waals surface area contributed by atoms with Gasteiger partial charge in [-0.3, -0.25) is 4.79 Å². The van der Waals surface area contributed by atoms with Gasteiger partial charge in [0.2, 0.25) is 0 Å². The molecule has 1 unspecified atom stereocenters. The number of thiol groups is 1. The molecular formula is C19H20O5S. The fourth-order valence-electron chi connectivity index (χ4n) is 2.49. The van der Waals surface area contributed by atoms with Crippen LogP contribution in [-0.4, -0.2) is 27.9 Å². The zero-order valence-electron chi connectivity index (χ0n) is 13.6. The summed E-state index contributed by atoms with van der Waals surface area (Å²) >= 11 is 4.12. The molecule has 0 aliphatic rings. The Balaban J connectivity index is 2.07. The van der Waals surface area contributed by atoms with Gasteiger partial charge in [-0.1, -0.05) is 24.3 Å². The first-order chi connectivity index (χ1) is 12.0. The molecule has 0 aliphatic heterocycles. The minimum absolute atomic E-state index is 0.0873. The predicted molar refractivity (Wildman–Crippen MR) is 97.8 cm³/mol. The second-order valence-electron chi connectivity index (χ2n) is 5.65. The number of para-hydroxylation sites is 1. The monoisotopic (exact) mass is 360 g/mol. The molecule has 0 saturated heterocycles. The van der Waals surface area contributed by atoms with Crippen molar-refractivity contribution in [2.45, 2.75) is 19.3 Å². The third kappa shape index (κ3) is 5.53. The van der Waals surface area contributed by atoms with Crippen LogP contribution in [0.2, 0.25) is 0 Å². The number of hydrogen-bond donors (Lipinski definition) is 3. The van der Waals surface area contributed by atoms with Gasteiger partial charge in [0.1, 0.15) is 17.1 Å². The predicted octanol–water partition coefficient (Wildman–Crippen LogP) is 4.13. The lowest BCUT2D eigenvalue weighted by Crippen LogP contribution is -2.16. The molecule has 1 atom stereocenters. The second kappa shape index (κ2) is 9.13. The van der Waals surface area contributed by atoms with Crippen molar-refractivity contribution in [1.82, 2.24) is 0 Å². The molecule has 0 saturated carbocycles. The van der Waals surface area contributed by atoms with E-state index < -0.39 is 17.9 Å². The van der Waals surface area contributed by atoms with Crippen LogP contribution in [0.4, 0.5) is 0 Å². The van der Waals surface area contributed by atoms with E-state index in [9.17, 15) is 14.7 Å². The quantitative estimate of drug-likeness (QED) is 0.586. The Morgan fingerprint density at radius 1 is 1.04 bits per heavy atom. The van der Waals surface area contributed by atoms with Crippen LogP contribution in [0.1, 0.15) is 28.8 Å². The molecule has 0 bridgehead atoms. The first kappa shape index (κ1) is 18.9. The topological polar surface area (TPSA) is 83.8 Å². The third-order valence-corrected chi connectivity index (χ3v) is 4.13. The average molecular weight is 360 g/mol. The molecule has 0 fully saturated rings. The number of hydrogen-bond acceptors (Lipinski definition) is 4. The van der Waals surface area contributed by atoms with Gasteiger partial charge in [0, 0.05) is 0 Å². The highest BCUT2D eigenvalue weighted by Gasteiger charge is 2.17. The summed E-state index contributed by atoms with van der Waals surface area (Å²) in [6, 6.07) is 13.4. The maximum atomic E-state index is 11.3. The molecule has 2 N–H and O–H groups in total. The molecule has 5 nitrogen and oxygen atoms in total. The van der Waals surface area contributed by atoms with Crippen LogP contribution in [0, 0.1) is 5.92 Å². The van der Waals surface area contributed by atoms with E-state index >= 15 is 0 Å². The first-order valence-electron chi connectivity index (χ1n) is 7.94. The van der Waals surface area contributed by atoms with E-state index in [2.05, 4.69) is 12.6 Å². The van der Waals surface area contributed by atoms with Crippen molar-refractivity contribution in [3.63, 3.8) is 0 Å². The smallest absolute Gasteiger partial charge is 0.339 e. The Hall–Kier alpha value is -2.47. The molecule has 2 aromatic rings. The zero-order chi connectivity index (χ0) is 18.2. The summed E-state index contributed by atoms with van der Waals surface area (Å²) in [5.74, 6) is -0.871. The van der Waals surface area contributed by atoms with E-state index in [0.29, 0.717) is 24.3 Å². The molecule has 132 valence electrons. The standard InChI is InChI=1S/C19H20O5S/c20-18(21)14(4-3-11-25)12-13-7-9-15(10-8-13)24-17-6-2-1-5-16(17)19(22)23/h1-2,5-10,14,25H,3-4,11-12H2,(H,20,21)(H,22,23). The van der Waals surface area contributed by atoms with Gasteiger partial charge >= 0.3 is 11.9 Å². The molecule has 25 heavy (non-hydrogen) atoms. The Labute approximate surface area is 151 Å². The normalized spacial score (nSPS) is 11.7. The average Bonchev–Trinajstić information content (AvgIpc) is 2.60. The van der Waals surface area contributed by atoms with Crippen molar-refractivity contribution in [2.24, 2.45) is 5.92 Å². The highest BCUT2D eigenvalue weighted by molar-refractivity contribution is 7.80. The highest BCUT2D eigenvalue weighted by atomic mass is 32.1. The number of benzene rings is 2. The van der Waals surface area contributed by atoms with Gasteiger partial charge in [0.05, 0.1) is 5.92 Å². The second-order valence-corrected chi connectivity index (χ2v) is 6.10. The molecule has 6 heteroatoms. The number of aliphatic carboxylic acids is 1. The molecule has 0 amide bonds. The Bertz CT molecular complexity index is 727. The van der Waals surface area contributed by atoms with E-state index in [1.54, 1.807) is 42.5 Å². The fraction of sp³-hybridized carbons (Fsp3) is 0.263. The van der Waals surface area contributed by atoms with E-state index in [1.165, 1.54) is 6.07 Å². The van der Waals surface area contributed by atoms with Gasteiger partial charge in [0.25, 0.3) is 0 Å².